The van der Waals surface area contributed by atoms with Gasteiger partial charge in [0.25, 0.3) is 5.91 Å². The summed E-state index contributed by atoms with van der Waals surface area (Å²) < 4.78 is 0. The average molecular weight is 347 g/mol. The molecular formula is C21H21N3O2. The van der Waals surface area contributed by atoms with Gasteiger partial charge in [0, 0.05) is 40.5 Å². The van der Waals surface area contributed by atoms with E-state index < -0.39 is 0 Å². The van der Waals surface area contributed by atoms with Crippen LogP contribution in [-0.4, -0.2) is 16.8 Å². The molecule has 0 unspecified atom stereocenters. The summed E-state index contributed by atoms with van der Waals surface area (Å²) >= 11 is 0. The van der Waals surface area contributed by atoms with Gasteiger partial charge in [-0.3, -0.25) is 9.59 Å². The van der Waals surface area contributed by atoms with Gasteiger partial charge in [0.2, 0.25) is 5.91 Å². The van der Waals surface area contributed by atoms with Crippen LogP contribution in [0.4, 0.5) is 11.4 Å². The topological polar surface area (TPSA) is 74.0 Å². The Hall–Kier alpha value is -3.08. The lowest BCUT2D eigenvalue weighted by Gasteiger charge is -2.11. The zero-order valence-electron chi connectivity index (χ0n) is 14.7. The Bertz CT molecular complexity index is 986. The molecule has 1 aliphatic rings. The van der Waals surface area contributed by atoms with Gasteiger partial charge in [-0.1, -0.05) is 0 Å². The number of rotatable bonds is 3. The molecule has 0 saturated heterocycles. The van der Waals surface area contributed by atoms with Crippen LogP contribution >= 0.6 is 0 Å². The molecular weight excluding hydrogens is 326 g/mol. The summed E-state index contributed by atoms with van der Waals surface area (Å²) in [4.78, 5) is 27.2. The van der Waals surface area contributed by atoms with Gasteiger partial charge in [0.05, 0.1) is 0 Å². The number of carbonyl (C=O) groups is 2. The highest BCUT2D eigenvalue weighted by atomic mass is 16.2. The van der Waals surface area contributed by atoms with Crippen molar-refractivity contribution < 1.29 is 9.59 Å². The standard InChI is InChI=1S/C21H21N3O2/c1-13(25)22-15-7-9-16(10-8-15)23-21(26)14-6-11-20-18(12-14)17-4-2-3-5-19(17)24-20/h6-12,24H,2-5H2,1H3,(H,22,25)(H,23,26). The maximum Gasteiger partial charge on any atom is 0.255 e. The molecule has 0 aliphatic heterocycles. The van der Waals surface area contributed by atoms with Crippen molar-refractivity contribution in [1.29, 1.82) is 0 Å². The Balaban J connectivity index is 1.55. The van der Waals surface area contributed by atoms with E-state index in [0.717, 1.165) is 23.7 Å². The molecule has 5 nitrogen and oxygen atoms in total. The van der Waals surface area contributed by atoms with Crippen LogP contribution in [0, 0.1) is 0 Å². The number of hydrogen-bond donors (Lipinski definition) is 3. The first-order valence-corrected chi connectivity index (χ1v) is 8.92. The van der Waals surface area contributed by atoms with Crippen LogP contribution in [-0.2, 0) is 17.6 Å². The van der Waals surface area contributed by atoms with Gasteiger partial charge in [-0.15, -0.1) is 0 Å². The highest BCUT2D eigenvalue weighted by Crippen LogP contribution is 2.30. The molecule has 3 N–H and O–H groups in total. The van der Waals surface area contributed by atoms with Crippen LogP contribution in [0.3, 0.4) is 0 Å². The molecule has 4 rings (SSSR count). The lowest BCUT2D eigenvalue weighted by Crippen LogP contribution is -2.12. The van der Waals surface area contributed by atoms with E-state index in [2.05, 4.69) is 15.6 Å². The molecule has 26 heavy (non-hydrogen) atoms. The lowest BCUT2D eigenvalue weighted by molar-refractivity contribution is -0.114. The summed E-state index contributed by atoms with van der Waals surface area (Å²) in [5.74, 6) is -0.255. The third-order valence-corrected chi connectivity index (χ3v) is 4.82. The van der Waals surface area contributed by atoms with E-state index in [9.17, 15) is 9.59 Å². The summed E-state index contributed by atoms with van der Waals surface area (Å²) in [6, 6.07) is 12.9. The van der Waals surface area contributed by atoms with E-state index in [0.29, 0.717) is 16.9 Å². The molecule has 1 heterocycles. The van der Waals surface area contributed by atoms with Gasteiger partial charge in [0.15, 0.2) is 0 Å². The minimum atomic E-state index is -0.134. The Kier molecular flexibility index (Phi) is 4.21. The number of aromatic nitrogens is 1. The van der Waals surface area contributed by atoms with Gasteiger partial charge in [-0.05, 0) is 73.7 Å². The number of carbonyl (C=O) groups excluding carboxylic acids is 2. The zero-order chi connectivity index (χ0) is 18.1. The summed E-state index contributed by atoms with van der Waals surface area (Å²) in [7, 11) is 0. The molecule has 2 amide bonds. The molecule has 0 saturated carbocycles. The highest BCUT2D eigenvalue weighted by Gasteiger charge is 2.16. The Morgan fingerprint density at radius 2 is 1.62 bits per heavy atom. The van der Waals surface area contributed by atoms with Gasteiger partial charge in [-0.2, -0.15) is 0 Å². The fourth-order valence-corrected chi connectivity index (χ4v) is 3.59. The minimum Gasteiger partial charge on any atom is -0.358 e. The molecule has 0 radical (unpaired) electrons. The number of anilines is 2. The summed E-state index contributed by atoms with van der Waals surface area (Å²) in [6.07, 6.45) is 4.59. The molecule has 0 fully saturated rings. The second-order valence-corrected chi connectivity index (χ2v) is 6.76. The fraction of sp³-hybridized carbons (Fsp3) is 0.238. The van der Waals surface area contributed by atoms with E-state index in [1.165, 1.54) is 31.0 Å². The molecule has 1 aromatic heterocycles. The number of amides is 2. The Labute approximate surface area is 151 Å². The maximum atomic E-state index is 12.6. The third-order valence-electron chi connectivity index (χ3n) is 4.82. The van der Waals surface area contributed by atoms with Crippen molar-refractivity contribution in [2.24, 2.45) is 0 Å². The van der Waals surface area contributed by atoms with Crippen LogP contribution in [0.15, 0.2) is 42.5 Å². The zero-order valence-corrected chi connectivity index (χ0v) is 14.7. The molecule has 1 aliphatic carbocycles. The number of H-pyrrole nitrogens is 1. The number of nitrogens with one attached hydrogen (secondary N) is 3. The third kappa shape index (κ3) is 3.20. The van der Waals surface area contributed by atoms with Crippen molar-refractivity contribution in [3.8, 4) is 0 Å². The van der Waals surface area contributed by atoms with Crippen molar-refractivity contribution in [3.05, 3.63) is 59.3 Å². The minimum absolute atomic E-state index is 0.120. The number of fused-ring (bicyclic) bond motifs is 3. The van der Waals surface area contributed by atoms with Crippen LogP contribution < -0.4 is 10.6 Å². The smallest absolute Gasteiger partial charge is 0.255 e. The Morgan fingerprint density at radius 1 is 0.923 bits per heavy atom. The first-order valence-electron chi connectivity index (χ1n) is 8.92. The van der Waals surface area contributed by atoms with Gasteiger partial charge >= 0.3 is 0 Å². The summed E-state index contributed by atoms with van der Waals surface area (Å²) in [6.45, 7) is 1.46. The molecule has 2 aromatic carbocycles. The number of aryl methyl sites for hydroxylation is 2. The number of aromatic amines is 1. The molecule has 0 bridgehead atoms. The van der Waals surface area contributed by atoms with Crippen LogP contribution in [0.25, 0.3) is 10.9 Å². The SMILES string of the molecule is CC(=O)Nc1ccc(NC(=O)c2ccc3[nH]c4c(c3c2)CCCC4)cc1. The first-order chi connectivity index (χ1) is 12.6. The second kappa shape index (κ2) is 6.67. The number of benzene rings is 2. The largest absolute Gasteiger partial charge is 0.358 e. The van der Waals surface area contributed by atoms with Gasteiger partial charge in [0.1, 0.15) is 0 Å². The normalized spacial score (nSPS) is 13.3. The average Bonchev–Trinajstić information content (AvgIpc) is 3.01. The van der Waals surface area contributed by atoms with E-state index in [1.54, 1.807) is 24.3 Å². The molecule has 3 aromatic rings. The van der Waals surface area contributed by atoms with Crippen LogP contribution in [0.1, 0.15) is 41.4 Å². The molecule has 0 spiro atoms. The molecule has 0 atom stereocenters. The van der Waals surface area contributed by atoms with Crippen LogP contribution in [0.2, 0.25) is 0 Å². The first kappa shape index (κ1) is 16.4. The van der Waals surface area contributed by atoms with Crippen molar-refractivity contribution in [2.45, 2.75) is 32.6 Å². The quantitative estimate of drug-likeness (QED) is 0.662. The fourth-order valence-electron chi connectivity index (χ4n) is 3.59. The van der Waals surface area contributed by atoms with Gasteiger partial charge in [-0.25, -0.2) is 0 Å². The van der Waals surface area contributed by atoms with E-state index in [1.807, 2.05) is 18.2 Å². The monoisotopic (exact) mass is 347 g/mol. The Morgan fingerprint density at radius 3 is 2.35 bits per heavy atom. The van der Waals surface area contributed by atoms with E-state index in [-0.39, 0.29) is 11.8 Å². The maximum absolute atomic E-state index is 12.6. The second-order valence-electron chi connectivity index (χ2n) is 6.76. The van der Waals surface area contributed by atoms with Crippen molar-refractivity contribution in [2.75, 3.05) is 10.6 Å². The molecule has 5 heteroatoms. The lowest BCUT2D eigenvalue weighted by atomic mass is 9.95. The predicted octanol–water partition coefficient (Wildman–Crippen LogP) is 4.26. The van der Waals surface area contributed by atoms with Crippen molar-refractivity contribution in [1.82, 2.24) is 4.98 Å². The van der Waals surface area contributed by atoms with E-state index in [4.69, 9.17) is 0 Å². The summed E-state index contributed by atoms with van der Waals surface area (Å²) in [5.41, 5.74) is 5.83. The highest BCUT2D eigenvalue weighted by molar-refractivity contribution is 6.06. The van der Waals surface area contributed by atoms with Crippen molar-refractivity contribution >= 4 is 34.1 Å². The summed E-state index contributed by atoms with van der Waals surface area (Å²) in [5, 5.41) is 6.78. The van der Waals surface area contributed by atoms with Gasteiger partial charge < -0.3 is 15.6 Å². The number of hydrogen-bond acceptors (Lipinski definition) is 2. The molecule has 132 valence electrons. The van der Waals surface area contributed by atoms with E-state index >= 15 is 0 Å². The van der Waals surface area contributed by atoms with Crippen LogP contribution in [0.5, 0.6) is 0 Å². The van der Waals surface area contributed by atoms with Crippen molar-refractivity contribution in [3.63, 3.8) is 0 Å². The predicted molar refractivity (Wildman–Crippen MR) is 104 cm³/mol.